The fourth-order valence-corrected chi connectivity index (χ4v) is 1.79. The Morgan fingerprint density at radius 3 is 1.64 bits per heavy atom. The summed E-state index contributed by atoms with van der Waals surface area (Å²) in [7, 11) is 0. The molecule has 1 fully saturated rings. The van der Waals surface area contributed by atoms with Crippen LogP contribution >= 0.6 is 0 Å². The maximum absolute atomic E-state index is 2.28. The monoisotopic (exact) mass is 150 g/mol. The van der Waals surface area contributed by atoms with Gasteiger partial charge < -0.3 is 0 Å². The molecule has 1 aliphatic carbocycles. The smallest absolute Gasteiger partial charge is 0.0280 e. The lowest BCUT2D eigenvalue weighted by Crippen LogP contribution is -1.85. The Hall–Kier alpha value is -0.520. The van der Waals surface area contributed by atoms with Crippen LogP contribution in [0.3, 0.4) is 0 Å². The maximum Gasteiger partial charge on any atom is -0.0280 e. The molecule has 1 rings (SSSR count). The molecule has 0 amide bonds. The van der Waals surface area contributed by atoms with E-state index >= 15 is 0 Å². The van der Waals surface area contributed by atoms with E-state index in [1.807, 2.05) is 0 Å². The predicted molar refractivity (Wildman–Crippen MR) is 50.6 cm³/mol. The second-order valence-electron chi connectivity index (χ2n) is 3.19. The van der Waals surface area contributed by atoms with Crippen molar-refractivity contribution in [1.29, 1.82) is 0 Å². The lowest BCUT2D eigenvalue weighted by molar-refractivity contribution is 0.719. The highest BCUT2D eigenvalue weighted by molar-refractivity contribution is 5.30. The first kappa shape index (κ1) is 8.58. The molecule has 0 radical (unpaired) electrons. The predicted octanol–water partition coefficient (Wildman–Crippen LogP) is 3.84. The molecule has 0 heterocycles. The number of rotatable bonds is 0. The molecular weight excluding hydrogens is 132 g/mol. The van der Waals surface area contributed by atoms with Gasteiger partial charge in [-0.2, -0.15) is 0 Å². The summed E-state index contributed by atoms with van der Waals surface area (Å²) in [5.74, 6) is 0. The van der Waals surface area contributed by atoms with Gasteiger partial charge in [0.05, 0.1) is 0 Å². The third kappa shape index (κ3) is 2.21. The summed E-state index contributed by atoms with van der Waals surface area (Å²) in [5.41, 5.74) is 3.18. The molecule has 0 aromatic rings. The minimum Gasteiger partial charge on any atom is -0.0842 e. The van der Waals surface area contributed by atoms with Crippen LogP contribution < -0.4 is 0 Å². The van der Waals surface area contributed by atoms with Crippen LogP contribution in [-0.4, -0.2) is 0 Å². The first-order chi connectivity index (χ1) is 5.38. The van der Waals surface area contributed by atoms with Crippen molar-refractivity contribution < 1.29 is 0 Å². The number of hydrogen-bond acceptors (Lipinski definition) is 0. The molecule has 11 heavy (non-hydrogen) atoms. The summed E-state index contributed by atoms with van der Waals surface area (Å²) in [6, 6.07) is 0. The Morgan fingerprint density at radius 1 is 0.818 bits per heavy atom. The van der Waals surface area contributed by atoms with Crippen molar-refractivity contribution in [2.45, 2.75) is 46.0 Å². The minimum atomic E-state index is 1.30. The van der Waals surface area contributed by atoms with Crippen LogP contribution in [0.25, 0.3) is 0 Å². The first-order valence-corrected chi connectivity index (χ1v) is 4.69. The highest BCUT2D eigenvalue weighted by Crippen LogP contribution is 2.26. The average molecular weight is 150 g/mol. The van der Waals surface area contributed by atoms with E-state index < -0.39 is 0 Å². The van der Waals surface area contributed by atoms with Crippen molar-refractivity contribution in [2.24, 2.45) is 0 Å². The highest BCUT2D eigenvalue weighted by Gasteiger charge is 2.07. The SMILES string of the molecule is C/C=C1/CCCCC/C1=C/C. The van der Waals surface area contributed by atoms with Crippen molar-refractivity contribution in [3.8, 4) is 0 Å². The second-order valence-corrected chi connectivity index (χ2v) is 3.19. The summed E-state index contributed by atoms with van der Waals surface area (Å²) < 4.78 is 0. The lowest BCUT2D eigenvalue weighted by Gasteiger charge is -2.05. The van der Waals surface area contributed by atoms with E-state index in [-0.39, 0.29) is 0 Å². The van der Waals surface area contributed by atoms with E-state index in [1.54, 1.807) is 11.1 Å². The van der Waals surface area contributed by atoms with Gasteiger partial charge in [-0.05, 0) is 50.7 Å². The Morgan fingerprint density at radius 2 is 1.27 bits per heavy atom. The Bertz CT molecular complexity index is 152. The summed E-state index contributed by atoms with van der Waals surface area (Å²) in [6.07, 6.45) is 11.3. The quantitative estimate of drug-likeness (QED) is 0.460. The fourth-order valence-electron chi connectivity index (χ4n) is 1.79. The summed E-state index contributed by atoms with van der Waals surface area (Å²) in [5, 5.41) is 0. The van der Waals surface area contributed by atoms with Crippen molar-refractivity contribution in [2.75, 3.05) is 0 Å². The normalized spacial score (nSPS) is 27.5. The van der Waals surface area contributed by atoms with Gasteiger partial charge in [0.25, 0.3) is 0 Å². The lowest BCUT2D eigenvalue weighted by atomic mass is 10.0. The van der Waals surface area contributed by atoms with Crippen LogP contribution in [0.15, 0.2) is 23.3 Å². The zero-order valence-corrected chi connectivity index (χ0v) is 7.69. The second kappa shape index (κ2) is 4.38. The van der Waals surface area contributed by atoms with Crippen LogP contribution in [0.1, 0.15) is 46.0 Å². The topological polar surface area (TPSA) is 0 Å². The molecule has 1 saturated carbocycles. The van der Waals surface area contributed by atoms with Gasteiger partial charge in [0.2, 0.25) is 0 Å². The maximum atomic E-state index is 2.28. The largest absolute Gasteiger partial charge is 0.0842 e. The van der Waals surface area contributed by atoms with Gasteiger partial charge in [0.15, 0.2) is 0 Å². The van der Waals surface area contributed by atoms with E-state index in [2.05, 4.69) is 26.0 Å². The van der Waals surface area contributed by atoms with Gasteiger partial charge in [-0.1, -0.05) is 18.6 Å². The van der Waals surface area contributed by atoms with E-state index in [4.69, 9.17) is 0 Å². The van der Waals surface area contributed by atoms with Crippen molar-refractivity contribution in [1.82, 2.24) is 0 Å². The standard InChI is InChI=1S/C11H18/c1-3-10-8-6-5-7-9-11(10)4-2/h3-4H,5-9H2,1-2H3/b10-3-,11-4-. The van der Waals surface area contributed by atoms with Gasteiger partial charge in [-0.15, -0.1) is 0 Å². The van der Waals surface area contributed by atoms with Crippen LogP contribution in [-0.2, 0) is 0 Å². The summed E-state index contributed by atoms with van der Waals surface area (Å²) >= 11 is 0. The van der Waals surface area contributed by atoms with Crippen molar-refractivity contribution >= 4 is 0 Å². The van der Waals surface area contributed by atoms with Gasteiger partial charge in [-0.3, -0.25) is 0 Å². The molecule has 0 atom stereocenters. The molecule has 0 aliphatic heterocycles. The fraction of sp³-hybridized carbons (Fsp3) is 0.636. The molecule has 0 unspecified atom stereocenters. The van der Waals surface area contributed by atoms with Gasteiger partial charge in [-0.25, -0.2) is 0 Å². The Balaban J connectivity index is 2.71. The van der Waals surface area contributed by atoms with Crippen LogP contribution in [0, 0.1) is 0 Å². The van der Waals surface area contributed by atoms with E-state index in [1.165, 1.54) is 32.1 Å². The van der Waals surface area contributed by atoms with Gasteiger partial charge in [0.1, 0.15) is 0 Å². The third-order valence-corrected chi connectivity index (χ3v) is 2.50. The van der Waals surface area contributed by atoms with Gasteiger partial charge >= 0.3 is 0 Å². The van der Waals surface area contributed by atoms with Crippen LogP contribution in [0.4, 0.5) is 0 Å². The Labute approximate surface area is 70.0 Å². The average Bonchev–Trinajstić information content (AvgIpc) is 2.27. The molecule has 0 N–H and O–H groups in total. The van der Waals surface area contributed by atoms with Crippen molar-refractivity contribution in [3.05, 3.63) is 23.3 Å². The van der Waals surface area contributed by atoms with Crippen molar-refractivity contribution in [3.63, 3.8) is 0 Å². The van der Waals surface area contributed by atoms with Crippen LogP contribution in [0.2, 0.25) is 0 Å². The molecule has 0 nitrogen and oxygen atoms in total. The number of allylic oxidation sites excluding steroid dienone is 4. The zero-order valence-electron chi connectivity index (χ0n) is 7.69. The molecule has 0 heteroatoms. The zero-order chi connectivity index (χ0) is 8.10. The van der Waals surface area contributed by atoms with Gasteiger partial charge in [0, 0.05) is 0 Å². The molecule has 0 spiro atoms. The molecule has 0 aromatic heterocycles. The number of hydrogen-bond donors (Lipinski definition) is 0. The Kier molecular flexibility index (Phi) is 3.41. The van der Waals surface area contributed by atoms with Crippen LogP contribution in [0.5, 0.6) is 0 Å². The van der Waals surface area contributed by atoms with E-state index in [0.717, 1.165) is 0 Å². The molecular formula is C11H18. The third-order valence-electron chi connectivity index (χ3n) is 2.50. The van der Waals surface area contributed by atoms with E-state index in [9.17, 15) is 0 Å². The molecule has 1 aliphatic rings. The summed E-state index contributed by atoms with van der Waals surface area (Å²) in [4.78, 5) is 0. The molecule has 0 aromatic carbocycles. The molecule has 0 saturated heterocycles. The molecule has 62 valence electrons. The van der Waals surface area contributed by atoms with E-state index in [0.29, 0.717) is 0 Å². The summed E-state index contributed by atoms with van der Waals surface area (Å²) in [6.45, 7) is 4.31. The minimum absolute atomic E-state index is 1.30. The molecule has 0 bridgehead atoms. The highest BCUT2D eigenvalue weighted by atomic mass is 14.1. The first-order valence-electron chi connectivity index (χ1n) is 4.69.